The zero-order valence-electron chi connectivity index (χ0n) is 9.21. The molecule has 0 aliphatic heterocycles. The number of Topliss-reactive ketones (excluding diaryl/α,β-unsaturated/α-hetero) is 1. The van der Waals surface area contributed by atoms with Crippen molar-refractivity contribution in [3.63, 3.8) is 0 Å². The molecule has 0 N–H and O–H groups in total. The molecule has 1 aromatic heterocycles. The Hall–Kier alpha value is -1.12. The Balaban J connectivity index is 2.73. The van der Waals surface area contributed by atoms with Crippen molar-refractivity contribution in [1.29, 1.82) is 0 Å². The Morgan fingerprint density at radius 3 is 2.64 bits per heavy atom. The quantitative estimate of drug-likeness (QED) is 0.718. The average molecular weight is 194 g/mol. The van der Waals surface area contributed by atoms with Crippen LogP contribution in [-0.4, -0.2) is 15.6 Å². The van der Waals surface area contributed by atoms with Crippen molar-refractivity contribution in [2.75, 3.05) is 0 Å². The Kier molecular flexibility index (Phi) is 3.86. The van der Waals surface area contributed by atoms with Gasteiger partial charge in [0.15, 0.2) is 0 Å². The number of carbonyl (C=O) groups excluding carboxylic acids is 1. The fraction of sp³-hybridized carbons (Fsp3) is 0.636. The van der Waals surface area contributed by atoms with E-state index >= 15 is 0 Å². The van der Waals surface area contributed by atoms with Gasteiger partial charge in [-0.25, -0.2) is 0 Å². The number of hydrogen-bond acceptors (Lipinski definition) is 2. The monoisotopic (exact) mass is 194 g/mol. The molecule has 1 heterocycles. The van der Waals surface area contributed by atoms with Crippen molar-refractivity contribution in [3.8, 4) is 0 Å². The van der Waals surface area contributed by atoms with Gasteiger partial charge < -0.3 is 0 Å². The number of carbonyl (C=O) groups is 1. The van der Waals surface area contributed by atoms with Gasteiger partial charge in [-0.15, -0.1) is 0 Å². The van der Waals surface area contributed by atoms with Gasteiger partial charge in [-0.1, -0.05) is 13.8 Å². The Morgan fingerprint density at radius 2 is 2.14 bits per heavy atom. The van der Waals surface area contributed by atoms with E-state index in [0.29, 0.717) is 6.42 Å². The average Bonchev–Trinajstić information content (AvgIpc) is 2.57. The summed E-state index contributed by atoms with van der Waals surface area (Å²) in [4.78, 5) is 10.9. The van der Waals surface area contributed by atoms with Crippen LogP contribution < -0.4 is 0 Å². The summed E-state index contributed by atoms with van der Waals surface area (Å²) < 4.78 is 1.96. The molecular formula is C11H18N2O. The Bertz CT molecular complexity index is 315. The minimum Gasteiger partial charge on any atom is -0.300 e. The fourth-order valence-corrected chi connectivity index (χ4v) is 1.43. The van der Waals surface area contributed by atoms with Crippen LogP contribution in [0, 0.1) is 0 Å². The van der Waals surface area contributed by atoms with E-state index in [-0.39, 0.29) is 5.78 Å². The van der Waals surface area contributed by atoms with E-state index in [2.05, 4.69) is 25.0 Å². The highest BCUT2D eigenvalue weighted by Gasteiger charge is 2.05. The third kappa shape index (κ3) is 2.69. The van der Waals surface area contributed by atoms with E-state index in [1.165, 1.54) is 5.69 Å². The van der Waals surface area contributed by atoms with Crippen LogP contribution in [0.25, 0.3) is 0 Å². The molecule has 1 rings (SSSR count). The molecule has 1 aromatic rings. The predicted molar refractivity (Wildman–Crippen MR) is 56.3 cm³/mol. The summed E-state index contributed by atoms with van der Waals surface area (Å²) in [6, 6.07) is 2.13. The van der Waals surface area contributed by atoms with E-state index in [1.54, 1.807) is 6.92 Å². The smallest absolute Gasteiger partial charge is 0.131 e. The van der Waals surface area contributed by atoms with Gasteiger partial charge in [0.25, 0.3) is 0 Å². The molecule has 0 unspecified atom stereocenters. The molecule has 14 heavy (non-hydrogen) atoms. The maximum Gasteiger partial charge on any atom is 0.131 e. The second-order valence-corrected chi connectivity index (χ2v) is 3.51. The van der Waals surface area contributed by atoms with Crippen molar-refractivity contribution in [3.05, 3.63) is 17.5 Å². The summed E-state index contributed by atoms with van der Waals surface area (Å²) in [6.07, 6.45) is 2.52. The summed E-state index contributed by atoms with van der Waals surface area (Å²) in [5.41, 5.74) is 2.34. The van der Waals surface area contributed by atoms with Crippen molar-refractivity contribution in [1.82, 2.24) is 9.78 Å². The maximum absolute atomic E-state index is 10.9. The number of hydrogen-bond donors (Lipinski definition) is 0. The third-order valence-electron chi connectivity index (χ3n) is 2.31. The van der Waals surface area contributed by atoms with E-state index in [1.807, 2.05) is 4.68 Å². The molecule has 0 spiro atoms. The molecule has 0 saturated heterocycles. The minimum absolute atomic E-state index is 0.223. The molecule has 0 aromatic carbocycles. The molecular weight excluding hydrogens is 176 g/mol. The van der Waals surface area contributed by atoms with Gasteiger partial charge >= 0.3 is 0 Å². The molecule has 3 heteroatoms. The van der Waals surface area contributed by atoms with Gasteiger partial charge in [-0.05, 0) is 25.8 Å². The summed E-state index contributed by atoms with van der Waals surface area (Å²) in [7, 11) is 0. The first-order valence-electron chi connectivity index (χ1n) is 5.22. The molecule has 0 aliphatic rings. The van der Waals surface area contributed by atoms with E-state index in [0.717, 1.165) is 25.1 Å². The molecule has 0 fully saturated rings. The van der Waals surface area contributed by atoms with Gasteiger partial charge in [-0.3, -0.25) is 9.48 Å². The van der Waals surface area contributed by atoms with Gasteiger partial charge in [0, 0.05) is 18.7 Å². The fourth-order valence-electron chi connectivity index (χ4n) is 1.43. The first-order chi connectivity index (χ1) is 6.67. The maximum atomic E-state index is 10.9. The molecule has 0 atom stereocenters. The molecule has 0 radical (unpaired) electrons. The first-order valence-corrected chi connectivity index (χ1v) is 5.22. The van der Waals surface area contributed by atoms with Gasteiger partial charge in [-0.2, -0.15) is 5.10 Å². The van der Waals surface area contributed by atoms with Crippen LogP contribution in [0.15, 0.2) is 6.07 Å². The summed E-state index contributed by atoms with van der Waals surface area (Å²) in [5, 5.41) is 4.44. The minimum atomic E-state index is 0.223. The second-order valence-electron chi connectivity index (χ2n) is 3.51. The Morgan fingerprint density at radius 1 is 1.43 bits per heavy atom. The lowest BCUT2D eigenvalue weighted by molar-refractivity contribution is -0.117. The van der Waals surface area contributed by atoms with Crippen LogP contribution in [0.2, 0.25) is 0 Å². The van der Waals surface area contributed by atoms with E-state index in [9.17, 15) is 4.79 Å². The molecule has 0 saturated carbocycles. The molecule has 0 aliphatic carbocycles. The van der Waals surface area contributed by atoms with Gasteiger partial charge in [0.1, 0.15) is 5.78 Å². The highest BCUT2D eigenvalue weighted by Crippen LogP contribution is 2.07. The van der Waals surface area contributed by atoms with Crippen molar-refractivity contribution < 1.29 is 4.79 Å². The Labute approximate surface area is 85.1 Å². The number of aryl methyl sites for hydroxylation is 3. The lowest BCUT2D eigenvalue weighted by atomic mass is 10.2. The van der Waals surface area contributed by atoms with Crippen LogP contribution >= 0.6 is 0 Å². The van der Waals surface area contributed by atoms with E-state index in [4.69, 9.17) is 0 Å². The van der Waals surface area contributed by atoms with Crippen molar-refractivity contribution >= 4 is 5.78 Å². The van der Waals surface area contributed by atoms with Crippen LogP contribution in [0.3, 0.4) is 0 Å². The molecule has 0 amide bonds. The predicted octanol–water partition coefficient (Wildman–Crippen LogP) is 1.99. The molecule has 78 valence electrons. The zero-order chi connectivity index (χ0) is 10.6. The van der Waals surface area contributed by atoms with Crippen molar-refractivity contribution in [2.24, 2.45) is 0 Å². The second kappa shape index (κ2) is 4.94. The lowest BCUT2D eigenvalue weighted by Gasteiger charge is -2.03. The highest BCUT2D eigenvalue weighted by molar-refractivity contribution is 5.75. The summed E-state index contributed by atoms with van der Waals surface area (Å²) >= 11 is 0. The standard InChI is InChI=1S/C11H18N2O/c1-4-10-8-11(5-2)13(12-10)7-6-9(3)14/h8H,4-7H2,1-3H3. The summed E-state index contributed by atoms with van der Waals surface area (Å²) in [5.74, 6) is 0.223. The van der Waals surface area contributed by atoms with Crippen LogP contribution in [0.5, 0.6) is 0 Å². The number of ketones is 1. The van der Waals surface area contributed by atoms with Crippen LogP contribution in [0.1, 0.15) is 38.6 Å². The molecule has 0 bridgehead atoms. The molecule has 3 nitrogen and oxygen atoms in total. The first kappa shape index (κ1) is 11.0. The topological polar surface area (TPSA) is 34.9 Å². The van der Waals surface area contributed by atoms with E-state index < -0.39 is 0 Å². The number of nitrogens with zero attached hydrogens (tertiary/aromatic N) is 2. The number of rotatable bonds is 5. The SMILES string of the molecule is CCc1cc(CC)n(CCC(C)=O)n1. The van der Waals surface area contributed by atoms with Gasteiger partial charge in [0.05, 0.1) is 5.69 Å². The third-order valence-corrected chi connectivity index (χ3v) is 2.31. The largest absolute Gasteiger partial charge is 0.300 e. The van der Waals surface area contributed by atoms with Gasteiger partial charge in [0.2, 0.25) is 0 Å². The van der Waals surface area contributed by atoms with Crippen molar-refractivity contribution in [2.45, 2.75) is 46.6 Å². The van der Waals surface area contributed by atoms with Crippen LogP contribution in [-0.2, 0) is 24.2 Å². The highest BCUT2D eigenvalue weighted by atomic mass is 16.1. The zero-order valence-corrected chi connectivity index (χ0v) is 9.21. The normalized spacial score (nSPS) is 10.5. The van der Waals surface area contributed by atoms with Crippen LogP contribution in [0.4, 0.5) is 0 Å². The lowest BCUT2D eigenvalue weighted by Crippen LogP contribution is -2.07. The number of aromatic nitrogens is 2. The summed E-state index contributed by atoms with van der Waals surface area (Å²) in [6.45, 7) is 6.55.